The van der Waals surface area contributed by atoms with Gasteiger partial charge in [0.15, 0.2) is 0 Å². The number of fused-ring (bicyclic) bond motifs is 7. The fourth-order valence-electron chi connectivity index (χ4n) is 15.2. The Hall–Kier alpha value is -2.21. The van der Waals surface area contributed by atoms with E-state index >= 15 is 4.79 Å². The molecule has 1 unspecified atom stereocenters. The minimum absolute atomic E-state index is 0.0240. The molecule has 7 aliphatic rings. The number of nitrogens with one attached hydrogen (secondary N) is 1. The highest BCUT2D eigenvalue weighted by Gasteiger charge is 2.73. The Kier molecular flexibility index (Phi) is 7.34. The maximum atomic E-state index is 15.5. The lowest BCUT2D eigenvalue weighted by molar-refractivity contribution is -0.249. The molecular formula is C44H62FN3O2. The zero-order valence-electron chi connectivity index (χ0n) is 31.7. The van der Waals surface area contributed by atoms with E-state index in [1.165, 1.54) is 57.1 Å². The Balaban J connectivity index is 1.05. The number of benzene rings is 1. The standard InChI is InChI=1S/C44H62FN3O2/c1-39(2)33-16-19-43(6)34(41(33,4)18-17-35(39)49)14-13-30-36-29(40(3)21-22-40)15-20-44(36,24-23-42(30,43)5)38(50)48-25-7-8-32(48)37-46-26-31(47-37)27-9-11-28(45)12-10-27/h9-12,26,29-30,32-36,49H,7-8,13-25H2,1-6H3,(H,46,47)/t29-,30-,32+,33+,34-,35+,36?,41+,42-,43-,44+/m1/s1. The molecule has 6 saturated carbocycles. The Labute approximate surface area is 300 Å². The maximum absolute atomic E-state index is 15.5. The van der Waals surface area contributed by atoms with Crippen LogP contribution in [0.4, 0.5) is 4.39 Å². The number of aromatic nitrogens is 2. The van der Waals surface area contributed by atoms with Crippen molar-refractivity contribution in [2.24, 2.45) is 62.1 Å². The lowest BCUT2D eigenvalue weighted by Crippen LogP contribution is -2.67. The number of aliphatic hydroxyl groups is 1. The Bertz CT molecular complexity index is 1660. The van der Waals surface area contributed by atoms with Gasteiger partial charge in [0.1, 0.15) is 11.6 Å². The van der Waals surface area contributed by atoms with Gasteiger partial charge < -0.3 is 15.0 Å². The molecule has 1 aromatic heterocycles. The Morgan fingerprint density at radius 3 is 2.32 bits per heavy atom. The third kappa shape index (κ3) is 4.38. The molecule has 0 spiro atoms. The summed E-state index contributed by atoms with van der Waals surface area (Å²) in [7, 11) is 0. The van der Waals surface area contributed by atoms with Crippen LogP contribution in [-0.2, 0) is 4.79 Å². The van der Waals surface area contributed by atoms with E-state index in [1.54, 1.807) is 12.1 Å². The van der Waals surface area contributed by atoms with Crippen molar-refractivity contribution in [3.63, 3.8) is 0 Å². The molecule has 2 aromatic rings. The van der Waals surface area contributed by atoms with Gasteiger partial charge in [-0.3, -0.25) is 4.79 Å². The first-order valence-corrected chi connectivity index (χ1v) is 20.5. The SMILES string of the molecule is CC1([C@@H]2CC[C@]3(C(=O)N4CCC[C@H]4c4ncc(-c5ccc(F)cc5)[nH]4)CC[C@]4(C)[C@H](CC[C@@H]5[C@@]6(C)CC[C@H](O)C(C)(C)[C@@H]6CC[C@]54C)C23)CC1. The number of aliphatic hydroxyl groups excluding tert-OH is 1. The van der Waals surface area contributed by atoms with Crippen LogP contribution in [0.3, 0.4) is 0 Å². The van der Waals surface area contributed by atoms with Crippen LogP contribution in [0, 0.1) is 67.9 Å². The number of imidazole rings is 1. The van der Waals surface area contributed by atoms with Gasteiger partial charge in [0.25, 0.3) is 0 Å². The van der Waals surface area contributed by atoms with Crippen molar-refractivity contribution in [1.29, 1.82) is 0 Å². The second-order valence-corrected chi connectivity index (χ2v) is 20.4. The first kappa shape index (κ1) is 33.6. The van der Waals surface area contributed by atoms with Crippen LogP contribution in [0.5, 0.6) is 0 Å². The third-order valence-electron chi connectivity index (χ3n) is 18.4. The molecule has 1 amide bonds. The van der Waals surface area contributed by atoms with E-state index in [-0.39, 0.29) is 45.0 Å². The number of rotatable bonds is 4. The first-order valence-electron chi connectivity index (χ1n) is 20.5. The highest BCUT2D eigenvalue weighted by Crippen LogP contribution is 2.79. The predicted octanol–water partition coefficient (Wildman–Crippen LogP) is 10.1. The van der Waals surface area contributed by atoms with E-state index in [1.807, 2.05) is 6.20 Å². The molecule has 2 heterocycles. The summed E-state index contributed by atoms with van der Waals surface area (Å²) in [4.78, 5) is 26.2. The predicted molar refractivity (Wildman–Crippen MR) is 195 cm³/mol. The molecule has 50 heavy (non-hydrogen) atoms. The molecule has 5 nitrogen and oxygen atoms in total. The van der Waals surface area contributed by atoms with Gasteiger partial charge in [-0.15, -0.1) is 0 Å². The van der Waals surface area contributed by atoms with Crippen molar-refractivity contribution >= 4 is 5.91 Å². The summed E-state index contributed by atoms with van der Waals surface area (Å²) in [5.41, 5.74) is 2.65. The van der Waals surface area contributed by atoms with E-state index in [0.29, 0.717) is 40.9 Å². The van der Waals surface area contributed by atoms with Crippen LogP contribution < -0.4 is 0 Å². The lowest BCUT2D eigenvalue weighted by atomic mass is 9.32. The zero-order chi connectivity index (χ0) is 35.1. The van der Waals surface area contributed by atoms with Gasteiger partial charge in [0.05, 0.1) is 29.5 Å². The van der Waals surface area contributed by atoms with Crippen LogP contribution in [0.2, 0.25) is 0 Å². The molecule has 1 saturated heterocycles. The average Bonchev–Trinajstić information content (AvgIpc) is 3.48. The topological polar surface area (TPSA) is 69.2 Å². The monoisotopic (exact) mass is 683 g/mol. The van der Waals surface area contributed by atoms with Gasteiger partial charge >= 0.3 is 0 Å². The fourth-order valence-corrected chi connectivity index (χ4v) is 15.2. The first-order chi connectivity index (χ1) is 23.7. The molecule has 6 aliphatic carbocycles. The van der Waals surface area contributed by atoms with Crippen molar-refractivity contribution in [2.45, 2.75) is 144 Å². The third-order valence-corrected chi connectivity index (χ3v) is 18.4. The summed E-state index contributed by atoms with van der Waals surface area (Å²) < 4.78 is 13.7. The summed E-state index contributed by atoms with van der Waals surface area (Å²) in [6.45, 7) is 16.1. The highest BCUT2D eigenvalue weighted by molar-refractivity contribution is 5.84. The number of likely N-dealkylation sites (tertiary alicyclic amines) is 1. The molecular weight excluding hydrogens is 622 g/mol. The van der Waals surface area contributed by atoms with Crippen molar-refractivity contribution in [3.8, 4) is 11.3 Å². The number of carbonyl (C=O) groups excluding carboxylic acids is 1. The number of halogens is 1. The quantitative estimate of drug-likeness (QED) is 0.337. The Morgan fingerprint density at radius 1 is 0.820 bits per heavy atom. The van der Waals surface area contributed by atoms with Crippen molar-refractivity contribution in [2.75, 3.05) is 6.54 Å². The number of nitrogens with zero attached hydrogens (tertiary/aromatic N) is 2. The van der Waals surface area contributed by atoms with Crippen LogP contribution in [0.1, 0.15) is 143 Å². The smallest absolute Gasteiger partial charge is 0.229 e. The average molecular weight is 684 g/mol. The number of carbonyl (C=O) groups is 1. The van der Waals surface area contributed by atoms with Crippen LogP contribution in [0.25, 0.3) is 11.3 Å². The minimum atomic E-state index is -0.267. The summed E-state index contributed by atoms with van der Waals surface area (Å²) in [6.07, 6.45) is 17.8. The van der Waals surface area contributed by atoms with Crippen molar-refractivity contribution in [1.82, 2.24) is 14.9 Å². The second kappa shape index (κ2) is 10.9. The van der Waals surface area contributed by atoms with Gasteiger partial charge in [0.2, 0.25) is 5.91 Å². The fraction of sp³-hybridized carbons (Fsp3) is 0.773. The summed E-state index contributed by atoms with van der Waals surface area (Å²) in [5, 5.41) is 11.2. The molecule has 7 fully saturated rings. The summed E-state index contributed by atoms with van der Waals surface area (Å²) in [6, 6.07) is 6.56. The van der Waals surface area contributed by atoms with Crippen LogP contribution >= 0.6 is 0 Å². The minimum Gasteiger partial charge on any atom is -0.393 e. The van der Waals surface area contributed by atoms with Gasteiger partial charge in [-0.2, -0.15) is 0 Å². The Morgan fingerprint density at radius 2 is 1.58 bits per heavy atom. The largest absolute Gasteiger partial charge is 0.393 e. The van der Waals surface area contributed by atoms with Crippen molar-refractivity contribution in [3.05, 3.63) is 42.1 Å². The number of H-pyrrole nitrogens is 1. The number of hydrogen-bond donors (Lipinski definition) is 2. The summed E-state index contributed by atoms with van der Waals surface area (Å²) >= 11 is 0. The molecule has 11 atom stereocenters. The van der Waals surface area contributed by atoms with Gasteiger partial charge in [0, 0.05) is 6.54 Å². The van der Waals surface area contributed by atoms with E-state index < -0.39 is 0 Å². The molecule has 1 aliphatic heterocycles. The molecule has 9 rings (SSSR count). The number of aromatic amines is 1. The van der Waals surface area contributed by atoms with Gasteiger partial charge in [-0.05, 0) is 176 Å². The number of amides is 1. The van der Waals surface area contributed by atoms with Crippen LogP contribution in [-0.4, -0.2) is 38.5 Å². The molecule has 1 aromatic carbocycles. The molecule has 2 N–H and O–H groups in total. The van der Waals surface area contributed by atoms with E-state index in [0.717, 1.165) is 68.6 Å². The maximum Gasteiger partial charge on any atom is 0.229 e. The van der Waals surface area contributed by atoms with E-state index in [9.17, 15) is 9.50 Å². The molecule has 272 valence electrons. The van der Waals surface area contributed by atoms with Crippen LogP contribution in [0.15, 0.2) is 30.5 Å². The zero-order valence-corrected chi connectivity index (χ0v) is 31.7. The molecule has 0 bridgehead atoms. The number of hydrogen-bond acceptors (Lipinski definition) is 3. The molecule has 6 heteroatoms. The van der Waals surface area contributed by atoms with Gasteiger partial charge in [-0.25, -0.2) is 9.37 Å². The normalized spacial score (nSPS) is 45.7. The van der Waals surface area contributed by atoms with E-state index in [4.69, 9.17) is 4.98 Å². The highest BCUT2D eigenvalue weighted by atomic mass is 19.1. The second-order valence-electron chi connectivity index (χ2n) is 20.4. The van der Waals surface area contributed by atoms with E-state index in [2.05, 4.69) is 51.4 Å². The van der Waals surface area contributed by atoms with Crippen molar-refractivity contribution < 1.29 is 14.3 Å². The summed E-state index contributed by atoms with van der Waals surface area (Å²) in [5.74, 6) is 4.01. The lowest BCUT2D eigenvalue weighted by Gasteiger charge is -2.73. The van der Waals surface area contributed by atoms with Gasteiger partial charge in [-0.1, -0.05) is 41.5 Å². The molecule has 0 radical (unpaired) electrons.